The molecule has 0 aliphatic heterocycles. The molecule has 0 aromatic heterocycles. The van der Waals surface area contributed by atoms with E-state index < -0.39 is 0 Å². The molecule has 1 aromatic carbocycles. The minimum absolute atomic E-state index is 0.985. The van der Waals surface area contributed by atoms with Crippen LogP contribution in [0.15, 0.2) is 18.2 Å². The zero-order valence-corrected chi connectivity index (χ0v) is 15.1. The highest BCUT2D eigenvalue weighted by Crippen LogP contribution is 2.56. The van der Waals surface area contributed by atoms with E-state index in [1.165, 1.54) is 44.2 Å². The van der Waals surface area contributed by atoms with Crippen molar-refractivity contribution in [3.63, 3.8) is 0 Å². The van der Waals surface area contributed by atoms with Crippen LogP contribution in [0.5, 0.6) is 0 Å². The lowest BCUT2D eigenvalue weighted by molar-refractivity contribution is -0.0355. The van der Waals surface area contributed by atoms with Crippen LogP contribution in [-0.4, -0.2) is 6.54 Å². The number of hydrogen-bond acceptors (Lipinski definition) is 1. The molecule has 0 saturated heterocycles. The lowest BCUT2D eigenvalue weighted by Gasteiger charge is -2.54. The Bertz CT molecular complexity index is 562. The zero-order valence-electron chi connectivity index (χ0n) is 15.1. The third-order valence-corrected chi connectivity index (χ3v) is 7.79. The van der Waals surface area contributed by atoms with E-state index in [2.05, 4.69) is 23.5 Å². The van der Waals surface area contributed by atoms with Gasteiger partial charge in [0.25, 0.3) is 0 Å². The molecule has 1 aromatic rings. The van der Waals surface area contributed by atoms with Crippen molar-refractivity contribution in [2.75, 3.05) is 6.54 Å². The second kappa shape index (κ2) is 6.48. The lowest BCUT2D eigenvalue weighted by Crippen LogP contribution is -2.48. The van der Waals surface area contributed by atoms with Crippen molar-refractivity contribution < 1.29 is 0 Å². The predicted molar refractivity (Wildman–Crippen MR) is 99.9 cm³/mol. The molecule has 1 nitrogen and oxygen atoms in total. The molecular formula is C23H33N. The highest BCUT2D eigenvalue weighted by Gasteiger charge is 2.47. The predicted octanol–water partition coefficient (Wildman–Crippen LogP) is 5.12. The van der Waals surface area contributed by atoms with Crippen LogP contribution in [0.25, 0.3) is 0 Å². The molecule has 0 radical (unpaired) electrons. The topological polar surface area (TPSA) is 12.0 Å². The molecule has 24 heavy (non-hydrogen) atoms. The number of rotatable bonds is 4. The van der Waals surface area contributed by atoms with Gasteiger partial charge >= 0.3 is 0 Å². The Balaban J connectivity index is 1.19. The van der Waals surface area contributed by atoms with Crippen molar-refractivity contribution in [1.82, 2.24) is 5.32 Å². The van der Waals surface area contributed by atoms with Gasteiger partial charge in [0.1, 0.15) is 0 Å². The molecule has 1 N–H and O–H groups in total. The molecule has 4 saturated carbocycles. The van der Waals surface area contributed by atoms with Crippen LogP contribution in [0.1, 0.15) is 68.1 Å². The maximum absolute atomic E-state index is 3.85. The average Bonchev–Trinajstić information content (AvgIpc) is 2.81. The Morgan fingerprint density at radius 2 is 1.50 bits per heavy atom. The van der Waals surface area contributed by atoms with Crippen LogP contribution in [0, 0.1) is 29.6 Å². The SMILES string of the molecule is c1cc2c(cc1CNCC1C3CC4CC(C3)CC1C4)CCCCC2. The van der Waals surface area contributed by atoms with Gasteiger partial charge in [0.05, 0.1) is 0 Å². The minimum atomic E-state index is 0.985. The largest absolute Gasteiger partial charge is 0.312 e. The van der Waals surface area contributed by atoms with Crippen LogP contribution < -0.4 is 5.32 Å². The molecule has 0 atom stereocenters. The molecule has 130 valence electrons. The molecular weight excluding hydrogens is 290 g/mol. The van der Waals surface area contributed by atoms with Gasteiger partial charge in [0.15, 0.2) is 0 Å². The molecule has 6 rings (SSSR count). The van der Waals surface area contributed by atoms with Crippen molar-refractivity contribution in [3.05, 3.63) is 34.9 Å². The van der Waals surface area contributed by atoms with E-state index in [1.54, 1.807) is 43.2 Å². The molecule has 0 heterocycles. The summed E-state index contributed by atoms with van der Waals surface area (Å²) in [6.07, 6.45) is 14.6. The van der Waals surface area contributed by atoms with Gasteiger partial charge in [-0.25, -0.2) is 0 Å². The Kier molecular flexibility index (Phi) is 4.17. The Hall–Kier alpha value is -0.820. The van der Waals surface area contributed by atoms with Crippen LogP contribution in [-0.2, 0) is 19.4 Å². The van der Waals surface area contributed by atoms with E-state index in [1.807, 2.05) is 0 Å². The number of benzene rings is 1. The summed E-state index contributed by atoms with van der Waals surface area (Å²) >= 11 is 0. The van der Waals surface area contributed by atoms with Gasteiger partial charge < -0.3 is 5.32 Å². The highest BCUT2D eigenvalue weighted by atomic mass is 14.9. The maximum atomic E-state index is 3.85. The third kappa shape index (κ3) is 2.94. The summed E-state index contributed by atoms with van der Waals surface area (Å²) in [5.74, 6) is 5.31. The Morgan fingerprint density at radius 1 is 0.792 bits per heavy atom. The third-order valence-electron chi connectivity index (χ3n) is 7.79. The van der Waals surface area contributed by atoms with Crippen LogP contribution >= 0.6 is 0 Å². The summed E-state index contributed by atoms with van der Waals surface area (Å²) in [7, 11) is 0. The second-order valence-electron chi connectivity index (χ2n) is 9.39. The number of nitrogens with one attached hydrogen (secondary N) is 1. The summed E-state index contributed by atoms with van der Waals surface area (Å²) in [5.41, 5.74) is 4.78. The van der Waals surface area contributed by atoms with Crippen molar-refractivity contribution in [2.45, 2.75) is 70.8 Å². The van der Waals surface area contributed by atoms with Crippen LogP contribution in [0.4, 0.5) is 0 Å². The zero-order chi connectivity index (χ0) is 15.9. The Labute approximate surface area is 147 Å². The van der Waals surface area contributed by atoms with Crippen molar-refractivity contribution in [1.29, 1.82) is 0 Å². The summed E-state index contributed by atoms with van der Waals surface area (Å²) in [6.45, 7) is 2.35. The fourth-order valence-electron chi connectivity index (χ4n) is 6.83. The van der Waals surface area contributed by atoms with E-state index in [9.17, 15) is 0 Å². The van der Waals surface area contributed by atoms with Gasteiger partial charge in [0.2, 0.25) is 0 Å². The molecule has 4 bridgehead atoms. The molecule has 0 spiro atoms. The fraction of sp³-hybridized carbons (Fsp3) is 0.739. The van der Waals surface area contributed by atoms with Gasteiger partial charge in [-0.15, -0.1) is 0 Å². The monoisotopic (exact) mass is 323 g/mol. The first-order valence-electron chi connectivity index (χ1n) is 10.7. The molecule has 1 heteroatoms. The Morgan fingerprint density at radius 3 is 2.25 bits per heavy atom. The minimum Gasteiger partial charge on any atom is -0.312 e. The summed E-state index contributed by atoms with van der Waals surface area (Å²) in [6, 6.07) is 7.30. The standard InChI is InChI=1S/C23H33N/c1-2-4-19-7-6-16(9-20(19)5-3-1)14-24-15-23-21-10-17-8-18(12-21)13-22(23)11-17/h6-7,9,17-18,21-24H,1-5,8,10-15H2. The quantitative estimate of drug-likeness (QED) is 0.759. The smallest absolute Gasteiger partial charge is 0.0205 e. The van der Waals surface area contributed by atoms with Crippen LogP contribution in [0.2, 0.25) is 0 Å². The molecule has 5 aliphatic carbocycles. The van der Waals surface area contributed by atoms with E-state index >= 15 is 0 Å². The lowest BCUT2D eigenvalue weighted by atomic mass is 9.52. The van der Waals surface area contributed by atoms with E-state index in [-0.39, 0.29) is 0 Å². The molecule has 5 aliphatic rings. The highest BCUT2D eigenvalue weighted by molar-refractivity contribution is 5.33. The van der Waals surface area contributed by atoms with Gasteiger partial charge in [-0.1, -0.05) is 24.6 Å². The average molecular weight is 324 g/mol. The normalized spacial score (nSPS) is 37.2. The van der Waals surface area contributed by atoms with Crippen molar-refractivity contribution in [2.24, 2.45) is 29.6 Å². The van der Waals surface area contributed by atoms with Gasteiger partial charge in [-0.05, 0) is 111 Å². The van der Waals surface area contributed by atoms with Gasteiger partial charge in [0, 0.05) is 6.54 Å². The number of aryl methyl sites for hydroxylation is 2. The summed E-state index contributed by atoms with van der Waals surface area (Å²) < 4.78 is 0. The summed E-state index contributed by atoms with van der Waals surface area (Å²) in [5, 5.41) is 3.85. The summed E-state index contributed by atoms with van der Waals surface area (Å²) in [4.78, 5) is 0. The second-order valence-corrected chi connectivity index (χ2v) is 9.39. The van der Waals surface area contributed by atoms with E-state index in [0.717, 1.165) is 36.1 Å². The van der Waals surface area contributed by atoms with Crippen molar-refractivity contribution >= 4 is 0 Å². The van der Waals surface area contributed by atoms with E-state index in [4.69, 9.17) is 0 Å². The fourth-order valence-corrected chi connectivity index (χ4v) is 6.83. The molecule has 0 unspecified atom stereocenters. The van der Waals surface area contributed by atoms with Crippen molar-refractivity contribution in [3.8, 4) is 0 Å². The van der Waals surface area contributed by atoms with Gasteiger partial charge in [-0.3, -0.25) is 0 Å². The number of fused-ring (bicyclic) bond motifs is 1. The van der Waals surface area contributed by atoms with Crippen LogP contribution in [0.3, 0.4) is 0 Å². The molecule has 4 fully saturated rings. The number of hydrogen-bond donors (Lipinski definition) is 1. The van der Waals surface area contributed by atoms with Gasteiger partial charge in [-0.2, -0.15) is 0 Å². The first-order chi connectivity index (χ1) is 11.8. The first-order valence-corrected chi connectivity index (χ1v) is 10.7. The van der Waals surface area contributed by atoms with E-state index in [0.29, 0.717) is 0 Å². The molecule has 0 amide bonds. The maximum Gasteiger partial charge on any atom is 0.0205 e. The first kappa shape index (κ1) is 15.4.